The van der Waals surface area contributed by atoms with Crippen LogP contribution in [-0.4, -0.2) is 44.9 Å². The number of nitrogens with one attached hydrogen (secondary N) is 1. The van der Waals surface area contributed by atoms with E-state index in [1.165, 1.54) is 16.4 Å². The zero-order valence-corrected chi connectivity index (χ0v) is 14.0. The Kier molecular flexibility index (Phi) is 5.72. The molecule has 1 aromatic rings. The highest BCUT2D eigenvalue weighted by Gasteiger charge is 2.27. The number of carbonyl (C=O) groups is 1. The molecule has 0 aromatic heterocycles. The Morgan fingerprint density at radius 2 is 2.04 bits per heavy atom. The van der Waals surface area contributed by atoms with Crippen LogP contribution in [-0.2, 0) is 19.6 Å². The maximum absolute atomic E-state index is 13.9. The molecule has 8 heteroatoms. The zero-order valence-electron chi connectivity index (χ0n) is 13.2. The van der Waals surface area contributed by atoms with E-state index in [0.29, 0.717) is 19.6 Å². The van der Waals surface area contributed by atoms with Crippen molar-refractivity contribution < 1.29 is 22.3 Å². The van der Waals surface area contributed by atoms with Crippen LogP contribution in [0.25, 0.3) is 0 Å². The van der Waals surface area contributed by atoms with Crippen molar-refractivity contribution in [2.24, 2.45) is 5.92 Å². The molecule has 0 bridgehead atoms. The Morgan fingerprint density at radius 1 is 1.39 bits per heavy atom. The molecule has 1 N–H and O–H groups in total. The largest absolute Gasteiger partial charge is 0.379 e. The van der Waals surface area contributed by atoms with Gasteiger partial charge in [0.1, 0.15) is 5.82 Å². The lowest BCUT2D eigenvalue weighted by Gasteiger charge is -2.26. The third kappa shape index (κ3) is 4.07. The lowest BCUT2D eigenvalue weighted by Crippen LogP contribution is -2.40. The van der Waals surface area contributed by atoms with Crippen LogP contribution in [0.2, 0.25) is 0 Å². The summed E-state index contributed by atoms with van der Waals surface area (Å²) in [5, 5.41) is 2.45. The first-order chi connectivity index (χ1) is 10.9. The summed E-state index contributed by atoms with van der Waals surface area (Å²) in [6.45, 7) is 4.75. The first kappa shape index (κ1) is 17.8. The Labute approximate surface area is 135 Å². The van der Waals surface area contributed by atoms with Gasteiger partial charge in [-0.1, -0.05) is 13.8 Å². The number of ether oxygens (including phenoxy) is 1. The first-order valence-electron chi connectivity index (χ1n) is 7.54. The Hall–Kier alpha value is -1.51. The average molecular weight is 344 g/mol. The Balaban J connectivity index is 2.27. The van der Waals surface area contributed by atoms with E-state index in [0.717, 1.165) is 6.07 Å². The van der Waals surface area contributed by atoms with Gasteiger partial charge in [-0.2, -0.15) is 4.31 Å². The lowest BCUT2D eigenvalue weighted by atomic mass is 10.1. The molecule has 0 aliphatic carbocycles. The second-order valence-corrected chi connectivity index (χ2v) is 7.39. The number of benzene rings is 1. The van der Waals surface area contributed by atoms with Crippen molar-refractivity contribution in [2.45, 2.75) is 25.2 Å². The van der Waals surface area contributed by atoms with E-state index in [2.05, 4.69) is 5.32 Å². The molecule has 1 amide bonds. The number of anilines is 1. The number of nitrogens with zero attached hydrogens (tertiary/aromatic N) is 1. The summed E-state index contributed by atoms with van der Waals surface area (Å²) in [5.74, 6) is -1.29. The molecule has 0 radical (unpaired) electrons. The molecule has 1 atom stereocenters. The predicted octanol–water partition coefficient (Wildman–Crippen LogP) is 1.83. The smallest absolute Gasteiger partial charge is 0.243 e. The summed E-state index contributed by atoms with van der Waals surface area (Å²) >= 11 is 0. The molecule has 0 spiro atoms. The topological polar surface area (TPSA) is 75.7 Å². The van der Waals surface area contributed by atoms with E-state index in [1.807, 2.05) is 6.92 Å². The summed E-state index contributed by atoms with van der Waals surface area (Å²) in [4.78, 5) is 11.9. The maximum atomic E-state index is 13.9. The number of morpholine rings is 1. The van der Waals surface area contributed by atoms with Gasteiger partial charge in [0.15, 0.2) is 0 Å². The Bertz CT molecular complexity index is 672. The molecule has 1 aliphatic rings. The first-order valence-corrected chi connectivity index (χ1v) is 8.98. The van der Waals surface area contributed by atoms with Gasteiger partial charge < -0.3 is 10.1 Å². The van der Waals surface area contributed by atoms with Crippen LogP contribution in [0.1, 0.15) is 20.3 Å². The molecule has 6 nitrogen and oxygen atoms in total. The standard InChI is InChI=1S/C15H21FN2O4S/c1-3-11(2)15(19)17-14-10-12(4-5-13(14)16)23(20,21)18-6-8-22-9-7-18/h4-5,10-11H,3,6-9H2,1-2H3,(H,17,19). The van der Waals surface area contributed by atoms with Crippen molar-refractivity contribution >= 4 is 21.6 Å². The van der Waals surface area contributed by atoms with Crippen molar-refractivity contribution in [3.05, 3.63) is 24.0 Å². The number of rotatable bonds is 5. The fourth-order valence-electron chi connectivity index (χ4n) is 2.14. The van der Waals surface area contributed by atoms with Crippen LogP contribution in [0.5, 0.6) is 0 Å². The van der Waals surface area contributed by atoms with Gasteiger partial charge >= 0.3 is 0 Å². The second kappa shape index (κ2) is 7.37. The minimum atomic E-state index is -3.73. The third-order valence-electron chi connectivity index (χ3n) is 3.86. The highest BCUT2D eigenvalue weighted by Crippen LogP contribution is 2.23. The van der Waals surface area contributed by atoms with Gasteiger partial charge in [-0.3, -0.25) is 4.79 Å². The second-order valence-electron chi connectivity index (χ2n) is 5.46. The molecule has 23 heavy (non-hydrogen) atoms. The van der Waals surface area contributed by atoms with Gasteiger partial charge in [-0.05, 0) is 24.6 Å². The molecule has 1 fully saturated rings. The summed E-state index contributed by atoms with van der Waals surface area (Å²) in [6.07, 6.45) is 0.610. The average Bonchev–Trinajstić information content (AvgIpc) is 2.56. The number of hydrogen-bond acceptors (Lipinski definition) is 4. The summed E-state index contributed by atoms with van der Waals surface area (Å²) in [7, 11) is -3.73. The molecule has 2 rings (SSSR count). The zero-order chi connectivity index (χ0) is 17.0. The number of carbonyl (C=O) groups excluding carboxylic acids is 1. The third-order valence-corrected chi connectivity index (χ3v) is 5.76. The fourth-order valence-corrected chi connectivity index (χ4v) is 3.57. The van der Waals surface area contributed by atoms with Crippen molar-refractivity contribution in [1.82, 2.24) is 4.31 Å². The molecule has 128 valence electrons. The molecular formula is C15H21FN2O4S. The molecule has 0 saturated carbocycles. The Morgan fingerprint density at radius 3 is 2.65 bits per heavy atom. The quantitative estimate of drug-likeness (QED) is 0.884. The highest BCUT2D eigenvalue weighted by molar-refractivity contribution is 7.89. The van der Waals surface area contributed by atoms with Crippen molar-refractivity contribution in [1.29, 1.82) is 0 Å². The normalized spacial score (nSPS) is 17.7. The predicted molar refractivity (Wildman–Crippen MR) is 84.1 cm³/mol. The molecule has 1 heterocycles. The van der Waals surface area contributed by atoms with E-state index in [9.17, 15) is 17.6 Å². The maximum Gasteiger partial charge on any atom is 0.243 e. The molecule has 1 unspecified atom stereocenters. The van der Waals surface area contributed by atoms with Crippen LogP contribution in [0.3, 0.4) is 0 Å². The number of halogens is 1. The molecule has 1 saturated heterocycles. The number of hydrogen-bond donors (Lipinski definition) is 1. The van der Waals surface area contributed by atoms with Crippen molar-refractivity contribution in [3.63, 3.8) is 0 Å². The minimum absolute atomic E-state index is 0.0414. The van der Waals surface area contributed by atoms with E-state index in [1.54, 1.807) is 6.92 Å². The molecular weight excluding hydrogens is 323 g/mol. The van der Waals surface area contributed by atoms with Gasteiger partial charge in [0, 0.05) is 19.0 Å². The van der Waals surface area contributed by atoms with E-state index >= 15 is 0 Å². The van der Waals surface area contributed by atoms with Gasteiger partial charge in [0.05, 0.1) is 23.8 Å². The molecule has 1 aromatic carbocycles. The lowest BCUT2D eigenvalue weighted by molar-refractivity contribution is -0.119. The monoisotopic (exact) mass is 344 g/mol. The fraction of sp³-hybridized carbons (Fsp3) is 0.533. The van der Waals surface area contributed by atoms with Gasteiger partial charge in [-0.25, -0.2) is 12.8 Å². The summed E-state index contributed by atoms with van der Waals surface area (Å²) < 4.78 is 45.4. The van der Waals surface area contributed by atoms with Crippen LogP contribution in [0.15, 0.2) is 23.1 Å². The number of amides is 1. The summed E-state index contributed by atoms with van der Waals surface area (Å²) in [6, 6.07) is 3.43. The van der Waals surface area contributed by atoms with Crippen LogP contribution in [0.4, 0.5) is 10.1 Å². The van der Waals surface area contributed by atoms with Crippen LogP contribution in [0, 0.1) is 11.7 Å². The minimum Gasteiger partial charge on any atom is -0.379 e. The SMILES string of the molecule is CCC(C)C(=O)Nc1cc(S(=O)(=O)N2CCOCC2)ccc1F. The van der Waals surface area contributed by atoms with E-state index in [-0.39, 0.29) is 35.5 Å². The van der Waals surface area contributed by atoms with Crippen molar-refractivity contribution in [3.8, 4) is 0 Å². The van der Waals surface area contributed by atoms with Crippen LogP contribution >= 0.6 is 0 Å². The highest BCUT2D eigenvalue weighted by atomic mass is 32.2. The molecule has 1 aliphatic heterocycles. The van der Waals surface area contributed by atoms with Crippen LogP contribution < -0.4 is 5.32 Å². The summed E-state index contributed by atoms with van der Waals surface area (Å²) in [5.41, 5.74) is -0.121. The van der Waals surface area contributed by atoms with E-state index < -0.39 is 15.8 Å². The van der Waals surface area contributed by atoms with Crippen molar-refractivity contribution in [2.75, 3.05) is 31.6 Å². The number of sulfonamides is 1. The van der Waals surface area contributed by atoms with Gasteiger partial charge in [0.2, 0.25) is 15.9 Å². The van der Waals surface area contributed by atoms with Gasteiger partial charge in [-0.15, -0.1) is 0 Å². The van der Waals surface area contributed by atoms with Gasteiger partial charge in [0.25, 0.3) is 0 Å². The van der Waals surface area contributed by atoms with E-state index in [4.69, 9.17) is 4.74 Å².